The van der Waals surface area contributed by atoms with Crippen molar-refractivity contribution in [3.8, 4) is 45.0 Å². The topological polar surface area (TPSA) is 175 Å². The Morgan fingerprint density at radius 2 is 1.16 bits per heavy atom. The lowest BCUT2D eigenvalue weighted by Gasteiger charge is -2.30. The molecule has 2 aliphatic carbocycles. The van der Waals surface area contributed by atoms with Crippen LogP contribution in [0, 0.1) is 11.8 Å². The zero-order valence-corrected chi connectivity index (χ0v) is 43.2. The number of hydrogen-bond acceptors (Lipinski definition) is 8. The summed E-state index contributed by atoms with van der Waals surface area (Å²) in [5, 5.41) is 5.68. The molecule has 0 radical (unpaired) electrons. The van der Waals surface area contributed by atoms with Crippen molar-refractivity contribution in [1.29, 1.82) is 0 Å². The normalized spacial score (nSPS) is 18.7. The largest absolute Gasteiger partial charge is 0.413 e. The summed E-state index contributed by atoms with van der Waals surface area (Å²) >= 11 is 0. The summed E-state index contributed by atoms with van der Waals surface area (Å²) in [6.45, 7) is 8.87. The van der Waals surface area contributed by atoms with E-state index in [-0.39, 0.29) is 41.1 Å². The number of likely N-dealkylation sites (tertiary alicyclic amines) is 2. The fraction of sp³-hybridized carbons (Fsp3) is 0.377. The fourth-order valence-electron chi connectivity index (χ4n) is 12.4. The molecule has 4 aliphatic rings. The monoisotopic (exact) mass is 1010 g/mol. The molecule has 2 aliphatic heterocycles. The predicted molar refractivity (Wildman–Crippen MR) is 289 cm³/mol. The van der Waals surface area contributed by atoms with E-state index in [1.165, 1.54) is 53.5 Å². The molecule has 2 saturated heterocycles. The molecule has 4 atom stereocenters. The second-order valence-corrected chi connectivity index (χ2v) is 21.6. The average Bonchev–Trinajstić information content (AvgIpc) is 4.32. The summed E-state index contributed by atoms with van der Waals surface area (Å²) in [7, 11) is 0. The molecule has 3 fully saturated rings. The van der Waals surface area contributed by atoms with Gasteiger partial charge in [0.1, 0.15) is 35.2 Å². The molecule has 2 aromatic heterocycles. The Labute approximate surface area is 438 Å². The first kappa shape index (κ1) is 49.5. The van der Waals surface area contributed by atoms with Crippen LogP contribution >= 0.6 is 0 Å². The Morgan fingerprint density at radius 1 is 0.613 bits per heavy atom. The number of nitrogens with zero attached hydrogens (tertiary/aromatic N) is 4. The number of imidazole rings is 2. The van der Waals surface area contributed by atoms with Crippen LogP contribution < -0.4 is 20.1 Å². The van der Waals surface area contributed by atoms with Gasteiger partial charge in [0.15, 0.2) is 0 Å². The highest BCUT2D eigenvalue weighted by Crippen LogP contribution is 2.55. The number of H-pyrrole nitrogens is 2. The summed E-state index contributed by atoms with van der Waals surface area (Å²) in [5.41, 5.74) is 11.6. The summed E-state index contributed by atoms with van der Waals surface area (Å²) in [5.74, 6) is 1.72. The summed E-state index contributed by atoms with van der Waals surface area (Å²) in [6, 6.07) is 35.7. The highest BCUT2D eigenvalue weighted by Gasteiger charge is 2.44. The van der Waals surface area contributed by atoms with Gasteiger partial charge in [-0.2, -0.15) is 0 Å². The lowest BCUT2D eigenvalue weighted by Crippen LogP contribution is -2.51. The number of fused-ring (bicyclic) bond motifs is 3. The molecule has 386 valence electrons. The SMILES string of the molecule is CC(C)C(NC(=O)Oc1ccccc1)C(=O)N1CCCC1c1ncc(-c2ccc(-c3ccc(-c4ccc5nc([C@@H]6CCCN6C(=O)C(NC(=O)Oc6ccccc6)C(C)C)[nH]c5c4)c4c3C3(CCCC3)CC4)cc2)[nH]1. The van der Waals surface area contributed by atoms with Crippen LogP contribution in [-0.2, 0) is 21.4 Å². The van der Waals surface area contributed by atoms with Crippen LogP contribution in [-0.4, -0.2) is 78.9 Å². The van der Waals surface area contributed by atoms with Gasteiger partial charge in [0.25, 0.3) is 0 Å². The molecule has 5 aromatic carbocycles. The molecule has 7 aromatic rings. The number of para-hydroxylation sites is 2. The van der Waals surface area contributed by atoms with Crippen molar-refractivity contribution in [2.75, 3.05) is 13.1 Å². The van der Waals surface area contributed by atoms with Gasteiger partial charge in [-0.15, -0.1) is 0 Å². The molecular formula is C61H66N8O6. The van der Waals surface area contributed by atoms with E-state index in [0.717, 1.165) is 78.0 Å². The van der Waals surface area contributed by atoms with E-state index in [4.69, 9.17) is 19.4 Å². The molecule has 1 saturated carbocycles. The Kier molecular flexibility index (Phi) is 13.8. The second kappa shape index (κ2) is 20.9. The van der Waals surface area contributed by atoms with Gasteiger partial charge in [0.2, 0.25) is 11.8 Å². The van der Waals surface area contributed by atoms with Crippen LogP contribution in [0.3, 0.4) is 0 Å². The van der Waals surface area contributed by atoms with Gasteiger partial charge in [-0.05, 0) is 144 Å². The maximum absolute atomic E-state index is 14.2. The van der Waals surface area contributed by atoms with Gasteiger partial charge in [-0.1, -0.05) is 119 Å². The van der Waals surface area contributed by atoms with Crippen molar-refractivity contribution in [3.63, 3.8) is 0 Å². The van der Waals surface area contributed by atoms with Crippen molar-refractivity contribution >= 4 is 35.0 Å². The number of hydrogen-bond donors (Lipinski definition) is 4. The predicted octanol–water partition coefficient (Wildman–Crippen LogP) is 12.0. The van der Waals surface area contributed by atoms with E-state index in [1.807, 2.05) is 55.8 Å². The lowest BCUT2D eigenvalue weighted by atomic mass is 9.76. The molecule has 14 nitrogen and oxygen atoms in total. The van der Waals surface area contributed by atoms with Gasteiger partial charge < -0.3 is 39.9 Å². The highest BCUT2D eigenvalue weighted by atomic mass is 16.6. The van der Waals surface area contributed by atoms with Crippen molar-refractivity contribution in [2.24, 2.45) is 11.8 Å². The molecule has 11 rings (SSSR count). The molecule has 3 unspecified atom stereocenters. The maximum Gasteiger partial charge on any atom is 0.413 e. The van der Waals surface area contributed by atoms with Crippen LogP contribution in [0.4, 0.5) is 9.59 Å². The van der Waals surface area contributed by atoms with E-state index in [0.29, 0.717) is 24.6 Å². The first-order valence-electron chi connectivity index (χ1n) is 26.9. The van der Waals surface area contributed by atoms with E-state index >= 15 is 0 Å². The van der Waals surface area contributed by atoms with Crippen LogP contribution in [0.15, 0.2) is 121 Å². The number of carbonyl (C=O) groups is 4. The molecule has 1 spiro atoms. The van der Waals surface area contributed by atoms with Crippen molar-refractivity contribution in [3.05, 3.63) is 144 Å². The first-order chi connectivity index (χ1) is 36.4. The third-order valence-corrected chi connectivity index (χ3v) is 16.2. The molecule has 4 amide bonds. The number of ether oxygens (including phenoxy) is 2. The number of aromatic nitrogens is 4. The minimum atomic E-state index is -0.753. The molecule has 0 bridgehead atoms. The molecular weight excluding hydrogens is 941 g/mol. The van der Waals surface area contributed by atoms with E-state index < -0.39 is 24.3 Å². The zero-order chi connectivity index (χ0) is 51.8. The summed E-state index contributed by atoms with van der Waals surface area (Å²) < 4.78 is 11.0. The van der Waals surface area contributed by atoms with Crippen molar-refractivity contribution < 1.29 is 28.7 Å². The van der Waals surface area contributed by atoms with Gasteiger partial charge in [0.05, 0.1) is 35.0 Å². The second-order valence-electron chi connectivity index (χ2n) is 21.6. The van der Waals surface area contributed by atoms with Crippen molar-refractivity contribution in [1.82, 2.24) is 40.4 Å². The fourth-order valence-corrected chi connectivity index (χ4v) is 12.4. The van der Waals surface area contributed by atoms with E-state index in [9.17, 15) is 19.2 Å². The summed E-state index contributed by atoms with van der Waals surface area (Å²) in [4.78, 5) is 74.9. The summed E-state index contributed by atoms with van der Waals surface area (Å²) in [6.07, 6.45) is 10.8. The van der Waals surface area contributed by atoms with Gasteiger partial charge in [-0.3, -0.25) is 9.59 Å². The average molecular weight is 1010 g/mol. The Bertz CT molecular complexity index is 3220. The lowest BCUT2D eigenvalue weighted by molar-refractivity contribution is -0.136. The Morgan fingerprint density at radius 3 is 1.75 bits per heavy atom. The highest BCUT2D eigenvalue weighted by molar-refractivity contribution is 5.89. The van der Waals surface area contributed by atoms with Gasteiger partial charge >= 0.3 is 12.2 Å². The Balaban J connectivity index is 0.810. The van der Waals surface area contributed by atoms with Crippen LogP contribution in [0.2, 0.25) is 0 Å². The molecule has 14 heteroatoms. The van der Waals surface area contributed by atoms with E-state index in [1.54, 1.807) is 48.5 Å². The van der Waals surface area contributed by atoms with Crippen LogP contribution in [0.25, 0.3) is 44.5 Å². The third kappa shape index (κ3) is 9.90. The third-order valence-electron chi connectivity index (χ3n) is 16.2. The smallest absolute Gasteiger partial charge is 0.410 e. The molecule has 4 heterocycles. The number of nitrogens with one attached hydrogen (secondary N) is 4. The number of rotatable bonds is 13. The minimum absolute atomic E-state index is 0.141. The minimum Gasteiger partial charge on any atom is -0.410 e. The number of aromatic amines is 2. The number of benzene rings is 5. The maximum atomic E-state index is 14.2. The Hall–Kier alpha value is -7.74. The first-order valence-corrected chi connectivity index (χ1v) is 26.9. The van der Waals surface area contributed by atoms with Crippen LogP contribution in [0.1, 0.15) is 120 Å². The van der Waals surface area contributed by atoms with Gasteiger partial charge in [0, 0.05) is 13.1 Å². The zero-order valence-electron chi connectivity index (χ0n) is 43.2. The molecule has 75 heavy (non-hydrogen) atoms. The molecule has 4 N–H and O–H groups in total. The van der Waals surface area contributed by atoms with E-state index in [2.05, 4.69) is 75.2 Å². The quantitative estimate of drug-likeness (QED) is 0.0883. The number of carbonyl (C=O) groups excluding carboxylic acids is 4. The van der Waals surface area contributed by atoms with Crippen molar-refractivity contribution in [2.45, 2.75) is 121 Å². The standard InChI is InChI=1S/C61H66N8O6/c1-37(2)53(66-59(72)74-42-15-7-5-8-16-42)57(70)68-33-13-19-50(68)55-62-36-49(65-55)40-23-21-39(22-24-40)45-27-26-44(46-29-32-61(52(45)46)30-11-12-31-61)41-25-28-47-48(35-41)64-56(63-47)51-20-14-34-69(51)58(71)54(38(3)4)67-60(73)75-43-17-9-6-10-18-43/h5-10,15-18,21-28,35-38,50-51,53-54H,11-14,19-20,29-34H2,1-4H3,(H,62,65)(H,63,64)(H,66,72)(H,67,73)/t50?,51-,53?,54?/m0/s1. The number of amides is 4. The van der Waals surface area contributed by atoms with Gasteiger partial charge in [-0.25, -0.2) is 19.6 Å². The van der Waals surface area contributed by atoms with Crippen LogP contribution in [0.5, 0.6) is 11.5 Å².